The minimum atomic E-state index is -1.60. The number of hydrogen-bond acceptors (Lipinski definition) is 2. The first-order valence-corrected chi connectivity index (χ1v) is 8.77. The zero-order valence-corrected chi connectivity index (χ0v) is 15.0. The highest BCUT2D eigenvalue weighted by Crippen LogP contribution is 2.34. The van der Waals surface area contributed by atoms with Gasteiger partial charge >= 0.3 is 0 Å². The fourth-order valence-electron chi connectivity index (χ4n) is 3.00. The van der Waals surface area contributed by atoms with Crippen LogP contribution in [0.4, 0.5) is 8.78 Å². The Morgan fingerprint density at radius 1 is 1.00 bits per heavy atom. The van der Waals surface area contributed by atoms with E-state index < -0.39 is 24.6 Å². The lowest BCUT2D eigenvalue weighted by atomic mass is 9.83. The van der Waals surface area contributed by atoms with E-state index in [1.807, 2.05) is 20.8 Å². The molecule has 4 heteroatoms. The van der Waals surface area contributed by atoms with Crippen molar-refractivity contribution in [3.8, 4) is 0 Å². The molecule has 2 nitrogen and oxygen atoms in total. The van der Waals surface area contributed by atoms with Gasteiger partial charge in [-0.1, -0.05) is 34.1 Å². The molecule has 1 aliphatic rings. The van der Waals surface area contributed by atoms with Crippen LogP contribution in [0.25, 0.3) is 0 Å². The van der Waals surface area contributed by atoms with Gasteiger partial charge in [-0.15, -0.1) is 0 Å². The lowest BCUT2D eigenvalue weighted by Crippen LogP contribution is -2.51. The van der Waals surface area contributed by atoms with E-state index in [1.54, 1.807) is 0 Å². The van der Waals surface area contributed by atoms with Crippen LogP contribution in [0, 0.1) is 17.8 Å². The van der Waals surface area contributed by atoms with Crippen LogP contribution in [-0.2, 0) is 9.47 Å². The van der Waals surface area contributed by atoms with Gasteiger partial charge in [0.15, 0.2) is 12.3 Å². The van der Waals surface area contributed by atoms with Crippen LogP contribution in [0.1, 0.15) is 60.8 Å². The summed E-state index contributed by atoms with van der Waals surface area (Å²) >= 11 is 0. The molecule has 0 amide bonds. The van der Waals surface area contributed by atoms with Gasteiger partial charge in [-0.25, -0.2) is 8.78 Å². The van der Waals surface area contributed by atoms with E-state index in [1.165, 1.54) is 0 Å². The Kier molecular flexibility index (Phi) is 8.26. The molecule has 0 aromatic heterocycles. The molecule has 1 rings (SSSR count). The van der Waals surface area contributed by atoms with Crippen LogP contribution >= 0.6 is 0 Å². The normalized spacial score (nSPS) is 34.4. The highest BCUT2D eigenvalue weighted by Gasteiger charge is 2.45. The van der Waals surface area contributed by atoms with Gasteiger partial charge in [0.25, 0.3) is 0 Å². The van der Waals surface area contributed by atoms with E-state index >= 15 is 0 Å². The summed E-state index contributed by atoms with van der Waals surface area (Å²) in [5.41, 5.74) is 0. The highest BCUT2D eigenvalue weighted by molar-refractivity contribution is 4.93. The van der Waals surface area contributed by atoms with Gasteiger partial charge in [-0.2, -0.15) is 0 Å². The molecular weight excluding hydrogens is 286 g/mol. The van der Waals surface area contributed by atoms with Crippen molar-refractivity contribution in [1.29, 1.82) is 0 Å². The predicted molar refractivity (Wildman–Crippen MR) is 86.6 cm³/mol. The van der Waals surface area contributed by atoms with Gasteiger partial charge in [0.2, 0.25) is 0 Å². The van der Waals surface area contributed by atoms with Gasteiger partial charge < -0.3 is 9.47 Å². The van der Waals surface area contributed by atoms with Crippen molar-refractivity contribution in [2.24, 2.45) is 17.8 Å². The molecule has 1 saturated carbocycles. The van der Waals surface area contributed by atoms with Crippen molar-refractivity contribution in [2.45, 2.75) is 91.5 Å². The smallest absolute Gasteiger partial charge is 0.160 e. The summed E-state index contributed by atoms with van der Waals surface area (Å²) in [6, 6.07) is 0. The van der Waals surface area contributed by atoms with Gasteiger partial charge in [0.05, 0.1) is 18.3 Å². The molecule has 0 saturated heterocycles. The number of hydrogen-bond donors (Lipinski definition) is 0. The van der Waals surface area contributed by atoms with E-state index in [9.17, 15) is 8.78 Å². The first-order valence-electron chi connectivity index (χ1n) is 8.77. The quantitative estimate of drug-likeness (QED) is 0.630. The summed E-state index contributed by atoms with van der Waals surface area (Å²) in [7, 11) is 0. The summed E-state index contributed by atoms with van der Waals surface area (Å²) in [6.07, 6.45) is -1.84. The van der Waals surface area contributed by atoms with Crippen LogP contribution in [-0.4, -0.2) is 37.3 Å². The monoisotopic (exact) mass is 320 g/mol. The molecule has 0 spiro atoms. The fraction of sp³-hybridized carbons (Fsp3) is 1.00. The average Bonchev–Trinajstić information content (AvgIpc) is 2.43. The van der Waals surface area contributed by atoms with Crippen molar-refractivity contribution >= 4 is 0 Å². The molecule has 0 aliphatic heterocycles. The van der Waals surface area contributed by atoms with Crippen molar-refractivity contribution in [3.63, 3.8) is 0 Å². The highest BCUT2D eigenvalue weighted by atomic mass is 19.2. The molecule has 0 radical (unpaired) electrons. The first kappa shape index (κ1) is 19.8. The predicted octanol–water partition coefficient (Wildman–Crippen LogP) is 4.95. The van der Waals surface area contributed by atoms with Crippen LogP contribution < -0.4 is 0 Å². The summed E-state index contributed by atoms with van der Waals surface area (Å²) in [4.78, 5) is 0. The molecule has 1 aliphatic carbocycles. The van der Waals surface area contributed by atoms with Crippen LogP contribution in [0.3, 0.4) is 0 Å². The Hall–Kier alpha value is -0.220. The Morgan fingerprint density at radius 2 is 1.64 bits per heavy atom. The molecular formula is C18H34F2O2. The largest absolute Gasteiger partial charge is 0.375 e. The number of rotatable bonds is 8. The van der Waals surface area contributed by atoms with Crippen molar-refractivity contribution in [1.82, 2.24) is 0 Å². The topological polar surface area (TPSA) is 18.5 Å². The third-order valence-corrected chi connectivity index (χ3v) is 4.40. The summed E-state index contributed by atoms with van der Waals surface area (Å²) in [6.45, 7) is 12.6. The van der Waals surface area contributed by atoms with Crippen molar-refractivity contribution in [3.05, 3.63) is 0 Å². The Labute approximate surface area is 134 Å². The lowest BCUT2D eigenvalue weighted by Gasteiger charge is -2.40. The first-order chi connectivity index (χ1) is 10.2. The summed E-state index contributed by atoms with van der Waals surface area (Å²) in [5, 5.41) is 0. The molecule has 22 heavy (non-hydrogen) atoms. The maximum Gasteiger partial charge on any atom is 0.160 e. The maximum atomic E-state index is 14.3. The van der Waals surface area contributed by atoms with Crippen LogP contribution in [0.15, 0.2) is 0 Å². The number of halogens is 2. The second kappa shape index (κ2) is 9.17. The van der Waals surface area contributed by atoms with Crippen molar-refractivity contribution in [2.75, 3.05) is 6.61 Å². The van der Waals surface area contributed by atoms with Crippen LogP contribution in [0.5, 0.6) is 0 Å². The standard InChI is InChI=1S/C18H34F2O2/c1-11(2)7-8-13(5)10-21-15-9-14(6)18(22-12(3)4)17(20)16(15)19/h11-18H,7-10H2,1-6H3. The van der Waals surface area contributed by atoms with E-state index in [0.717, 1.165) is 12.8 Å². The lowest BCUT2D eigenvalue weighted by molar-refractivity contribution is -0.154. The second-order valence-corrected chi connectivity index (χ2v) is 7.70. The molecule has 0 aromatic rings. The second-order valence-electron chi connectivity index (χ2n) is 7.70. The molecule has 0 heterocycles. The minimum absolute atomic E-state index is 0.0274. The van der Waals surface area contributed by atoms with Crippen molar-refractivity contribution < 1.29 is 18.3 Å². The van der Waals surface area contributed by atoms with Gasteiger partial charge in [-0.3, -0.25) is 0 Å². The molecule has 0 bridgehead atoms. The summed E-state index contributed by atoms with van der Waals surface area (Å²) < 4.78 is 39.9. The third kappa shape index (κ3) is 6.11. The van der Waals surface area contributed by atoms with Gasteiger partial charge in [0, 0.05) is 6.61 Å². The molecule has 0 N–H and O–H groups in total. The molecule has 132 valence electrons. The van der Waals surface area contributed by atoms with Gasteiger partial charge in [0.1, 0.15) is 0 Å². The molecule has 6 atom stereocenters. The number of ether oxygens (including phenoxy) is 2. The molecule has 0 aromatic carbocycles. The SMILES string of the molecule is CC(C)CCC(C)COC1CC(C)C(OC(C)C)C(F)C1F. The molecule has 6 unspecified atom stereocenters. The average molecular weight is 320 g/mol. The number of alkyl halides is 2. The summed E-state index contributed by atoms with van der Waals surface area (Å²) in [5.74, 6) is 1.02. The zero-order valence-electron chi connectivity index (χ0n) is 15.0. The minimum Gasteiger partial charge on any atom is -0.375 e. The third-order valence-electron chi connectivity index (χ3n) is 4.40. The van der Waals surface area contributed by atoms with E-state index in [-0.39, 0.29) is 12.0 Å². The molecule has 1 fully saturated rings. The van der Waals surface area contributed by atoms with E-state index in [0.29, 0.717) is 24.9 Å². The van der Waals surface area contributed by atoms with Crippen LogP contribution in [0.2, 0.25) is 0 Å². The van der Waals surface area contributed by atoms with E-state index in [2.05, 4.69) is 20.8 Å². The van der Waals surface area contributed by atoms with Gasteiger partial charge in [-0.05, 0) is 44.4 Å². The Bertz CT molecular complexity index is 309. The fourth-order valence-corrected chi connectivity index (χ4v) is 3.00. The van der Waals surface area contributed by atoms with E-state index in [4.69, 9.17) is 9.47 Å². The zero-order chi connectivity index (χ0) is 16.9. The Morgan fingerprint density at radius 3 is 2.18 bits per heavy atom. The Balaban J connectivity index is 2.46. The maximum absolute atomic E-state index is 14.3.